The van der Waals surface area contributed by atoms with E-state index in [0.717, 1.165) is 32.5 Å². The van der Waals surface area contributed by atoms with Gasteiger partial charge in [-0.2, -0.15) is 0 Å². The molecular weight excluding hydrogens is 713 g/mol. The fourth-order valence-electron chi connectivity index (χ4n) is 9.90. The highest BCUT2D eigenvalue weighted by Gasteiger charge is 2.68. The van der Waals surface area contributed by atoms with Gasteiger partial charge in [0.1, 0.15) is 0 Å². The molecule has 0 spiro atoms. The van der Waals surface area contributed by atoms with Gasteiger partial charge in [0.25, 0.3) is 8.32 Å². The molecule has 1 aliphatic heterocycles. The summed E-state index contributed by atoms with van der Waals surface area (Å²) in [5.74, 6) is 3.39. The van der Waals surface area contributed by atoms with E-state index in [0.29, 0.717) is 47.5 Å². The molecule has 0 unspecified atom stereocenters. The molecule has 54 heavy (non-hydrogen) atoms. The molecule has 0 aromatic heterocycles. The summed E-state index contributed by atoms with van der Waals surface area (Å²) in [5.41, 5.74) is -0.0418. The largest absolute Gasteiger partial charge is 0.417 e. The van der Waals surface area contributed by atoms with E-state index in [9.17, 15) is 0 Å². The zero-order valence-corrected chi connectivity index (χ0v) is 40.6. The first kappa shape index (κ1) is 44.0. The first-order valence-electron chi connectivity index (χ1n) is 21.5. The molecule has 9 atom stereocenters. The number of rotatable bonds is 13. The van der Waals surface area contributed by atoms with Crippen molar-refractivity contribution in [1.82, 2.24) is 0 Å². The third-order valence-electron chi connectivity index (χ3n) is 15.4. The Bertz CT molecular complexity index is 1480. The van der Waals surface area contributed by atoms with E-state index in [1.54, 1.807) is 0 Å². The second kappa shape index (κ2) is 15.6. The summed E-state index contributed by atoms with van der Waals surface area (Å²) in [7, 11) is -6.61. The van der Waals surface area contributed by atoms with E-state index in [-0.39, 0.29) is 26.8 Å². The van der Waals surface area contributed by atoms with Gasteiger partial charge in [-0.25, -0.2) is 0 Å². The molecule has 0 radical (unpaired) electrons. The van der Waals surface area contributed by atoms with Crippen molar-refractivity contribution in [3.8, 4) is 0 Å². The van der Waals surface area contributed by atoms with E-state index >= 15 is 0 Å². The number of hydrogen-bond acceptors (Lipinski definition) is 4. The highest BCUT2D eigenvalue weighted by Crippen LogP contribution is 2.63. The van der Waals surface area contributed by atoms with Gasteiger partial charge in [-0.15, -0.1) is 0 Å². The summed E-state index contributed by atoms with van der Waals surface area (Å²) in [6.07, 6.45) is 3.74. The summed E-state index contributed by atoms with van der Waals surface area (Å²) < 4.78 is 29.2. The Kier molecular flexibility index (Phi) is 12.7. The molecule has 2 aromatic carbocycles. The van der Waals surface area contributed by atoms with E-state index in [4.69, 9.17) is 18.0 Å². The minimum atomic E-state index is -2.76. The first-order chi connectivity index (χ1) is 24.8. The highest BCUT2D eigenvalue weighted by molar-refractivity contribution is 6.99. The molecule has 304 valence electrons. The maximum Gasteiger partial charge on any atom is 0.261 e. The van der Waals surface area contributed by atoms with Crippen molar-refractivity contribution in [2.45, 2.75) is 168 Å². The van der Waals surface area contributed by atoms with Crippen molar-refractivity contribution >= 4 is 35.3 Å². The maximum atomic E-state index is 8.11. The van der Waals surface area contributed by atoms with Gasteiger partial charge in [0.2, 0.25) is 0 Å². The van der Waals surface area contributed by atoms with Gasteiger partial charge in [-0.3, -0.25) is 0 Å². The molecule has 1 saturated heterocycles. The Morgan fingerprint density at radius 1 is 0.685 bits per heavy atom. The van der Waals surface area contributed by atoms with Crippen molar-refractivity contribution in [2.75, 3.05) is 13.2 Å². The van der Waals surface area contributed by atoms with E-state index in [1.165, 1.54) is 10.4 Å². The quantitative estimate of drug-likeness (QED) is 0.150. The molecule has 3 aliphatic rings. The van der Waals surface area contributed by atoms with Gasteiger partial charge in [-0.05, 0) is 119 Å². The van der Waals surface area contributed by atoms with Crippen LogP contribution in [0, 0.1) is 41.4 Å². The van der Waals surface area contributed by atoms with Crippen LogP contribution in [0.25, 0.3) is 0 Å². The molecule has 5 rings (SSSR count). The molecule has 3 fully saturated rings. The van der Waals surface area contributed by atoms with Crippen LogP contribution in [-0.2, 0) is 18.0 Å². The zero-order chi connectivity index (χ0) is 40.3. The minimum absolute atomic E-state index is 0.0418. The molecular formula is C47H80O4Si3. The standard InChI is InChI=1S/C47H80O4Si3/c1-33(2)41(32-49-53(16,17)45(7,8)9)40-30-47(13)43(50-47)42-38(34(3)31-48-52(14,15)44(4,5)6)28-35(29-39(40)42)51-54(46(10,11)12,36-24-20-18-21-25-36)37-26-22-19-23-27-37/h18-27,33-35,38-43H,28-32H2,1-17H3/t34-,35-,38+,39-,40-,41-,42-,43+,47-/m1/s1. The summed E-state index contributed by atoms with van der Waals surface area (Å²) in [4.78, 5) is 0. The molecule has 4 nitrogen and oxygen atoms in total. The summed E-state index contributed by atoms with van der Waals surface area (Å²) in [6.45, 7) is 42.6. The monoisotopic (exact) mass is 793 g/mol. The van der Waals surface area contributed by atoms with Gasteiger partial charge in [0, 0.05) is 19.3 Å². The van der Waals surface area contributed by atoms with Crippen LogP contribution in [0.1, 0.15) is 109 Å². The molecule has 0 N–H and O–H groups in total. The Balaban J connectivity index is 1.60. The van der Waals surface area contributed by atoms with Crippen LogP contribution in [-0.4, -0.2) is 56.0 Å². The fourth-order valence-corrected chi connectivity index (χ4v) is 16.8. The number of hydrogen-bond donors (Lipinski definition) is 0. The number of epoxide rings is 1. The van der Waals surface area contributed by atoms with Crippen molar-refractivity contribution < 1.29 is 18.0 Å². The lowest BCUT2D eigenvalue weighted by Gasteiger charge is -2.54. The molecule has 2 aliphatic carbocycles. The van der Waals surface area contributed by atoms with Crippen molar-refractivity contribution in [3.63, 3.8) is 0 Å². The van der Waals surface area contributed by atoms with Gasteiger partial charge < -0.3 is 18.0 Å². The predicted octanol–water partition coefficient (Wildman–Crippen LogP) is 11.7. The second-order valence-corrected chi connectivity index (χ2v) is 36.4. The molecule has 1 heterocycles. The Morgan fingerprint density at radius 3 is 1.61 bits per heavy atom. The first-order valence-corrected chi connectivity index (χ1v) is 29.2. The lowest BCUT2D eigenvalue weighted by molar-refractivity contribution is -0.0595. The molecule has 0 amide bonds. The van der Waals surface area contributed by atoms with Crippen LogP contribution in [0.5, 0.6) is 0 Å². The number of fused-ring (bicyclic) bond motifs is 3. The Morgan fingerprint density at radius 2 is 1.17 bits per heavy atom. The molecule has 2 aromatic rings. The summed E-state index contributed by atoms with van der Waals surface area (Å²) >= 11 is 0. The van der Waals surface area contributed by atoms with Crippen molar-refractivity contribution in [2.24, 2.45) is 41.4 Å². The third-order valence-corrected chi connectivity index (χ3v) is 29.5. The number of benzene rings is 2. The lowest BCUT2D eigenvalue weighted by atomic mass is 9.53. The van der Waals surface area contributed by atoms with Gasteiger partial charge in [0.05, 0.1) is 11.7 Å². The average molecular weight is 793 g/mol. The SMILES string of the molecule is CC(C)[C@@H](CO[Si](C)(C)C(C)(C)C)[C@@H]1C[C@@]2(C)O[C@H]2[C@H]2[C@@H]1C[C@H](O[Si](c1ccccc1)(c1ccccc1)C(C)(C)C)C[C@H]2[C@H](C)CO[Si](C)(C)C(C)(C)C. The minimum Gasteiger partial charge on any atom is -0.417 e. The molecule has 0 bridgehead atoms. The number of ether oxygens (including phenoxy) is 1. The Labute approximate surface area is 335 Å². The molecule has 2 saturated carbocycles. The topological polar surface area (TPSA) is 40.2 Å². The smallest absolute Gasteiger partial charge is 0.261 e. The van der Waals surface area contributed by atoms with Crippen LogP contribution >= 0.6 is 0 Å². The summed E-state index contributed by atoms with van der Waals surface area (Å²) in [6, 6.07) is 22.6. The summed E-state index contributed by atoms with van der Waals surface area (Å²) in [5, 5.41) is 3.04. The van der Waals surface area contributed by atoms with Crippen LogP contribution in [0.3, 0.4) is 0 Å². The van der Waals surface area contributed by atoms with Crippen LogP contribution in [0.15, 0.2) is 60.7 Å². The maximum absolute atomic E-state index is 8.11. The van der Waals surface area contributed by atoms with Crippen LogP contribution in [0.2, 0.25) is 41.3 Å². The van der Waals surface area contributed by atoms with Crippen molar-refractivity contribution in [1.29, 1.82) is 0 Å². The Hall–Kier alpha value is -1.07. The third kappa shape index (κ3) is 8.68. The normalized spacial score (nSPS) is 29.4. The van der Waals surface area contributed by atoms with Crippen LogP contribution < -0.4 is 10.4 Å². The second-order valence-electron chi connectivity index (χ2n) is 22.5. The van der Waals surface area contributed by atoms with Gasteiger partial charge in [-0.1, -0.05) is 144 Å². The van der Waals surface area contributed by atoms with Crippen molar-refractivity contribution in [3.05, 3.63) is 60.7 Å². The zero-order valence-electron chi connectivity index (χ0n) is 37.6. The van der Waals surface area contributed by atoms with E-state index < -0.39 is 25.0 Å². The van der Waals surface area contributed by atoms with Gasteiger partial charge in [0.15, 0.2) is 16.6 Å². The average Bonchev–Trinajstić information content (AvgIpc) is 3.75. The fraction of sp³-hybridized carbons (Fsp3) is 0.745. The molecule has 7 heteroatoms. The van der Waals surface area contributed by atoms with Crippen LogP contribution in [0.4, 0.5) is 0 Å². The highest BCUT2D eigenvalue weighted by atomic mass is 28.4. The van der Waals surface area contributed by atoms with Gasteiger partial charge >= 0.3 is 0 Å². The lowest BCUT2D eigenvalue weighted by Crippen LogP contribution is -2.68. The van der Waals surface area contributed by atoms with E-state index in [2.05, 4.69) is 177 Å². The van der Waals surface area contributed by atoms with E-state index in [1.807, 2.05) is 0 Å². The predicted molar refractivity (Wildman–Crippen MR) is 237 cm³/mol.